The molecule has 0 aliphatic rings. The maximum atomic E-state index is 11.8. The third kappa shape index (κ3) is 6.38. The Morgan fingerprint density at radius 3 is 2.67 bits per heavy atom. The summed E-state index contributed by atoms with van der Waals surface area (Å²) in [5, 5.41) is 3.58. The van der Waals surface area contributed by atoms with Gasteiger partial charge in [-0.15, -0.1) is 11.8 Å². The summed E-state index contributed by atoms with van der Waals surface area (Å²) < 4.78 is 6.41. The second-order valence-electron chi connectivity index (χ2n) is 5.06. The Bertz CT molecular complexity index is 679. The van der Waals surface area contributed by atoms with Crippen LogP contribution >= 0.6 is 39.3 Å². The smallest absolute Gasteiger partial charge is 0.257 e. The molecule has 0 aliphatic carbocycles. The van der Waals surface area contributed by atoms with Crippen molar-refractivity contribution in [2.45, 2.75) is 18.2 Å². The summed E-state index contributed by atoms with van der Waals surface area (Å²) >= 11 is 11.0. The minimum Gasteiger partial charge on any atom is -0.483 e. The Morgan fingerprint density at radius 1 is 1.25 bits per heavy atom. The summed E-state index contributed by atoms with van der Waals surface area (Å²) in [6.07, 6.45) is 0.963. The Hall–Kier alpha value is -1.17. The molecule has 128 valence electrons. The molecule has 1 N–H and O–H groups in total. The molecule has 0 aliphatic heterocycles. The van der Waals surface area contributed by atoms with E-state index in [0.717, 1.165) is 26.6 Å². The molecule has 0 saturated carbocycles. The van der Waals surface area contributed by atoms with Crippen molar-refractivity contribution in [3.05, 3.63) is 57.5 Å². The molecule has 24 heavy (non-hydrogen) atoms. The predicted molar refractivity (Wildman–Crippen MR) is 104 cm³/mol. The highest BCUT2D eigenvalue weighted by molar-refractivity contribution is 9.10. The first kappa shape index (κ1) is 19.2. The first-order chi connectivity index (χ1) is 11.6. The molecule has 2 rings (SSSR count). The zero-order valence-electron chi connectivity index (χ0n) is 13.4. The number of carbonyl (C=O) groups excluding carboxylic acids is 1. The molecule has 0 heterocycles. The Balaban J connectivity index is 1.67. The van der Waals surface area contributed by atoms with Crippen LogP contribution in [0.5, 0.6) is 5.75 Å². The first-order valence-corrected chi connectivity index (χ1v) is 9.80. The van der Waals surface area contributed by atoms with E-state index in [4.69, 9.17) is 16.3 Å². The van der Waals surface area contributed by atoms with E-state index in [1.165, 1.54) is 5.56 Å². The minimum atomic E-state index is -0.127. The van der Waals surface area contributed by atoms with Gasteiger partial charge in [0, 0.05) is 22.2 Å². The summed E-state index contributed by atoms with van der Waals surface area (Å²) in [7, 11) is 0. The van der Waals surface area contributed by atoms with Gasteiger partial charge in [-0.25, -0.2) is 0 Å². The van der Waals surface area contributed by atoms with Crippen LogP contribution in [0, 0.1) is 0 Å². The number of hydrogen-bond donors (Lipinski definition) is 1. The molecule has 6 heteroatoms. The van der Waals surface area contributed by atoms with E-state index in [1.807, 2.05) is 42.5 Å². The number of amides is 1. The maximum Gasteiger partial charge on any atom is 0.257 e. The van der Waals surface area contributed by atoms with Crippen molar-refractivity contribution in [2.24, 2.45) is 0 Å². The summed E-state index contributed by atoms with van der Waals surface area (Å²) in [5.74, 6) is 1.35. The number of aryl methyl sites for hydroxylation is 1. The molecular formula is C18H19BrClNO2S. The lowest BCUT2D eigenvalue weighted by atomic mass is 10.2. The van der Waals surface area contributed by atoms with Crippen LogP contribution in [0.15, 0.2) is 51.8 Å². The van der Waals surface area contributed by atoms with Crippen molar-refractivity contribution in [3.8, 4) is 5.75 Å². The lowest BCUT2D eigenvalue weighted by molar-refractivity contribution is -0.122. The third-order valence-electron chi connectivity index (χ3n) is 3.27. The Labute approximate surface area is 160 Å². The van der Waals surface area contributed by atoms with Gasteiger partial charge in [0.25, 0.3) is 5.91 Å². The van der Waals surface area contributed by atoms with Gasteiger partial charge in [0.05, 0.1) is 4.47 Å². The summed E-state index contributed by atoms with van der Waals surface area (Å²) in [6, 6.07) is 13.5. The molecule has 0 atom stereocenters. The number of hydrogen-bond acceptors (Lipinski definition) is 3. The fourth-order valence-corrected chi connectivity index (χ4v) is 3.40. The van der Waals surface area contributed by atoms with Crippen LogP contribution < -0.4 is 10.1 Å². The zero-order chi connectivity index (χ0) is 17.4. The highest BCUT2D eigenvalue weighted by Gasteiger charge is 2.06. The van der Waals surface area contributed by atoms with Crippen LogP contribution in [0.25, 0.3) is 0 Å². The second-order valence-corrected chi connectivity index (χ2v) is 7.52. The lowest BCUT2D eigenvalue weighted by Gasteiger charge is -2.10. The highest BCUT2D eigenvalue weighted by Crippen LogP contribution is 2.26. The molecule has 3 nitrogen and oxygen atoms in total. The van der Waals surface area contributed by atoms with Crippen LogP contribution in [0.1, 0.15) is 12.5 Å². The van der Waals surface area contributed by atoms with E-state index in [2.05, 4.69) is 28.2 Å². The van der Waals surface area contributed by atoms with Crippen molar-refractivity contribution in [1.82, 2.24) is 5.32 Å². The van der Waals surface area contributed by atoms with Crippen LogP contribution in [0.3, 0.4) is 0 Å². The number of ether oxygens (including phenoxy) is 1. The number of rotatable bonds is 8. The van der Waals surface area contributed by atoms with Gasteiger partial charge in [-0.3, -0.25) is 4.79 Å². The summed E-state index contributed by atoms with van der Waals surface area (Å²) in [6.45, 7) is 2.69. The molecule has 0 saturated heterocycles. The molecular weight excluding hydrogens is 410 g/mol. The summed E-state index contributed by atoms with van der Waals surface area (Å²) in [4.78, 5) is 13.0. The van der Waals surface area contributed by atoms with E-state index in [-0.39, 0.29) is 12.5 Å². The Morgan fingerprint density at radius 2 is 2.00 bits per heavy atom. The van der Waals surface area contributed by atoms with Crippen LogP contribution in [-0.4, -0.2) is 24.8 Å². The first-order valence-electron chi connectivity index (χ1n) is 7.64. The molecule has 0 spiro atoms. The minimum absolute atomic E-state index is 0.00961. The van der Waals surface area contributed by atoms with Gasteiger partial charge in [-0.1, -0.05) is 24.6 Å². The van der Waals surface area contributed by atoms with Crippen molar-refractivity contribution in [2.75, 3.05) is 18.9 Å². The predicted octanol–water partition coefficient (Wildman–Crippen LogP) is 4.95. The number of halogens is 2. The third-order valence-corrected chi connectivity index (χ3v) is 5.16. The molecule has 1 amide bonds. The van der Waals surface area contributed by atoms with Crippen molar-refractivity contribution < 1.29 is 9.53 Å². The van der Waals surface area contributed by atoms with Gasteiger partial charge in [0.15, 0.2) is 6.61 Å². The SMILES string of the molecule is CCc1ccc(OCC(=O)NCCSc2ccc(Cl)cc2)c(Br)c1. The molecule has 0 bridgehead atoms. The topological polar surface area (TPSA) is 38.3 Å². The highest BCUT2D eigenvalue weighted by atomic mass is 79.9. The quantitative estimate of drug-likeness (QED) is 0.477. The van der Waals surface area contributed by atoms with Gasteiger partial charge in [0.1, 0.15) is 5.75 Å². The second kappa shape index (κ2) is 9.97. The Kier molecular flexibility index (Phi) is 7.95. The largest absolute Gasteiger partial charge is 0.483 e. The number of benzene rings is 2. The van der Waals surface area contributed by atoms with E-state index in [0.29, 0.717) is 12.3 Å². The van der Waals surface area contributed by atoms with E-state index in [9.17, 15) is 4.79 Å². The van der Waals surface area contributed by atoms with Gasteiger partial charge < -0.3 is 10.1 Å². The number of thioether (sulfide) groups is 1. The number of carbonyl (C=O) groups is 1. The van der Waals surface area contributed by atoms with Crippen LogP contribution in [0.2, 0.25) is 5.02 Å². The van der Waals surface area contributed by atoms with Gasteiger partial charge >= 0.3 is 0 Å². The van der Waals surface area contributed by atoms with E-state index in [1.54, 1.807) is 11.8 Å². The van der Waals surface area contributed by atoms with Crippen molar-refractivity contribution in [1.29, 1.82) is 0 Å². The fraction of sp³-hybridized carbons (Fsp3) is 0.278. The molecule has 0 fully saturated rings. The van der Waals surface area contributed by atoms with Crippen molar-refractivity contribution in [3.63, 3.8) is 0 Å². The van der Waals surface area contributed by atoms with E-state index >= 15 is 0 Å². The van der Waals surface area contributed by atoms with Gasteiger partial charge in [-0.2, -0.15) is 0 Å². The van der Waals surface area contributed by atoms with E-state index < -0.39 is 0 Å². The fourth-order valence-electron chi connectivity index (χ4n) is 1.97. The molecule has 2 aromatic carbocycles. The lowest BCUT2D eigenvalue weighted by Crippen LogP contribution is -2.30. The molecule has 2 aromatic rings. The normalized spacial score (nSPS) is 10.5. The average molecular weight is 429 g/mol. The van der Waals surface area contributed by atoms with Crippen LogP contribution in [-0.2, 0) is 11.2 Å². The molecule has 0 radical (unpaired) electrons. The molecule has 0 unspecified atom stereocenters. The maximum absolute atomic E-state index is 11.8. The van der Waals surface area contributed by atoms with Crippen molar-refractivity contribution >= 4 is 45.2 Å². The zero-order valence-corrected chi connectivity index (χ0v) is 16.5. The standard InChI is InChI=1S/C18H19BrClNO2S/c1-2-13-3-8-17(16(19)11-13)23-12-18(22)21-9-10-24-15-6-4-14(20)5-7-15/h3-8,11H,2,9-10,12H2,1H3,(H,21,22). The molecule has 0 aromatic heterocycles. The summed E-state index contributed by atoms with van der Waals surface area (Å²) in [5.41, 5.74) is 1.22. The van der Waals surface area contributed by atoms with Gasteiger partial charge in [0.2, 0.25) is 0 Å². The van der Waals surface area contributed by atoms with Gasteiger partial charge in [-0.05, 0) is 64.3 Å². The monoisotopic (exact) mass is 427 g/mol. The van der Waals surface area contributed by atoms with Crippen LogP contribution in [0.4, 0.5) is 0 Å². The average Bonchev–Trinajstić information content (AvgIpc) is 2.59. The number of nitrogens with one attached hydrogen (secondary N) is 1.